The van der Waals surface area contributed by atoms with E-state index in [2.05, 4.69) is 0 Å². The zero-order valence-corrected chi connectivity index (χ0v) is 12.5. The van der Waals surface area contributed by atoms with Crippen LogP contribution in [0.1, 0.15) is 21.8 Å². The fraction of sp³-hybridized carbons (Fsp3) is 0.294. The standard InChI is InChI=1S/C17H19N3O2/c1-19-8-7-13(9-16(19)21)17(22)20-10-14(15(18)11-20)12-5-3-2-4-6-12/h2-9,14-15H,10-11,18H2,1H3/t14-,15+/m0/s1. The molecule has 0 bridgehead atoms. The van der Waals surface area contributed by atoms with Crippen LogP contribution in [0, 0.1) is 0 Å². The molecule has 3 rings (SSSR count). The Labute approximate surface area is 129 Å². The average molecular weight is 297 g/mol. The third kappa shape index (κ3) is 2.67. The van der Waals surface area contributed by atoms with Gasteiger partial charge in [0.05, 0.1) is 0 Å². The minimum absolute atomic E-state index is 0.0853. The average Bonchev–Trinajstić information content (AvgIpc) is 2.92. The Morgan fingerprint density at radius 1 is 1.18 bits per heavy atom. The van der Waals surface area contributed by atoms with E-state index in [0.29, 0.717) is 18.7 Å². The normalized spacial score (nSPS) is 21.1. The Hall–Kier alpha value is -2.40. The van der Waals surface area contributed by atoms with E-state index in [1.54, 1.807) is 24.2 Å². The number of nitrogens with zero attached hydrogens (tertiary/aromatic N) is 2. The lowest BCUT2D eigenvalue weighted by Crippen LogP contribution is -2.33. The minimum Gasteiger partial charge on any atom is -0.336 e. The van der Waals surface area contributed by atoms with Crippen molar-refractivity contribution in [1.29, 1.82) is 0 Å². The van der Waals surface area contributed by atoms with Crippen LogP contribution >= 0.6 is 0 Å². The first kappa shape index (κ1) is 14.5. The second kappa shape index (κ2) is 5.77. The Balaban J connectivity index is 1.80. The molecule has 1 aromatic heterocycles. The van der Waals surface area contributed by atoms with E-state index >= 15 is 0 Å². The fourth-order valence-electron chi connectivity index (χ4n) is 2.91. The van der Waals surface area contributed by atoms with Crippen LogP contribution < -0.4 is 11.3 Å². The first-order valence-corrected chi connectivity index (χ1v) is 7.33. The highest BCUT2D eigenvalue weighted by Gasteiger charge is 2.34. The van der Waals surface area contributed by atoms with E-state index in [0.717, 1.165) is 5.56 Å². The van der Waals surface area contributed by atoms with Crippen molar-refractivity contribution in [2.45, 2.75) is 12.0 Å². The summed E-state index contributed by atoms with van der Waals surface area (Å²) < 4.78 is 1.44. The number of pyridine rings is 1. The zero-order valence-electron chi connectivity index (χ0n) is 12.5. The van der Waals surface area contributed by atoms with E-state index in [1.165, 1.54) is 10.6 Å². The topological polar surface area (TPSA) is 68.3 Å². The van der Waals surface area contributed by atoms with Gasteiger partial charge in [-0.15, -0.1) is 0 Å². The minimum atomic E-state index is -0.186. The van der Waals surface area contributed by atoms with Crippen molar-refractivity contribution in [3.8, 4) is 0 Å². The Bertz CT molecular complexity index is 739. The fourth-order valence-corrected chi connectivity index (χ4v) is 2.91. The molecule has 1 fully saturated rings. The van der Waals surface area contributed by atoms with E-state index in [1.807, 2.05) is 30.3 Å². The maximum Gasteiger partial charge on any atom is 0.254 e. The highest BCUT2D eigenvalue weighted by Crippen LogP contribution is 2.27. The molecular formula is C17H19N3O2. The molecule has 2 aromatic rings. The molecule has 2 N–H and O–H groups in total. The summed E-state index contributed by atoms with van der Waals surface area (Å²) >= 11 is 0. The monoisotopic (exact) mass is 297 g/mol. The van der Waals surface area contributed by atoms with Crippen LogP contribution in [0.3, 0.4) is 0 Å². The Morgan fingerprint density at radius 2 is 1.91 bits per heavy atom. The van der Waals surface area contributed by atoms with Crippen molar-refractivity contribution in [3.05, 3.63) is 70.1 Å². The molecule has 0 saturated carbocycles. The van der Waals surface area contributed by atoms with Crippen LogP contribution in [-0.4, -0.2) is 34.5 Å². The number of carbonyl (C=O) groups excluding carboxylic acids is 1. The summed E-state index contributed by atoms with van der Waals surface area (Å²) in [4.78, 5) is 26.0. The first-order chi connectivity index (χ1) is 10.6. The third-order valence-electron chi connectivity index (χ3n) is 4.23. The van der Waals surface area contributed by atoms with Crippen LogP contribution in [0.15, 0.2) is 53.5 Å². The summed E-state index contributed by atoms with van der Waals surface area (Å²) in [7, 11) is 1.66. The second-order valence-electron chi connectivity index (χ2n) is 5.76. The van der Waals surface area contributed by atoms with Crippen LogP contribution in [0.4, 0.5) is 0 Å². The van der Waals surface area contributed by atoms with Crippen molar-refractivity contribution >= 4 is 5.91 Å². The molecule has 1 aliphatic heterocycles. The van der Waals surface area contributed by atoms with Gasteiger partial charge in [0, 0.05) is 49.9 Å². The van der Waals surface area contributed by atoms with Crippen molar-refractivity contribution in [1.82, 2.24) is 9.47 Å². The van der Waals surface area contributed by atoms with Crippen LogP contribution in [-0.2, 0) is 7.05 Å². The van der Waals surface area contributed by atoms with Crippen LogP contribution in [0.25, 0.3) is 0 Å². The third-order valence-corrected chi connectivity index (χ3v) is 4.23. The maximum absolute atomic E-state index is 12.6. The van der Waals surface area contributed by atoms with Gasteiger partial charge < -0.3 is 15.2 Å². The molecule has 22 heavy (non-hydrogen) atoms. The number of carbonyl (C=O) groups is 1. The van der Waals surface area contributed by atoms with Gasteiger partial charge in [0.25, 0.3) is 11.5 Å². The summed E-state index contributed by atoms with van der Waals surface area (Å²) in [5.41, 5.74) is 7.59. The first-order valence-electron chi connectivity index (χ1n) is 7.33. The molecular weight excluding hydrogens is 278 g/mol. The SMILES string of the molecule is Cn1ccc(C(=O)N2C[C@@H](N)[C@H](c3ccccc3)C2)cc1=O. The summed E-state index contributed by atoms with van der Waals surface area (Å²) in [6.45, 7) is 1.09. The number of aromatic nitrogens is 1. The lowest BCUT2D eigenvalue weighted by Gasteiger charge is -2.16. The van der Waals surface area contributed by atoms with Crippen molar-refractivity contribution in [3.63, 3.8) is 0 Å². The maximum atomic E-state index is 12.6. The van der Waals surface area contributed by atoms with Gasteiger partial charge in [-0.05, 0) is 11.6 Å². The quantitative estimate of drug-likeness (QED) is 0.897. The molecule has 5 heteroatoms. The lowest BCUT2D eigenvalue weighted by atomic mass is 9.95. The van der Waals surface area contributed by atoms with Gasteiger partial charge in [-0.3, -0.25) is 9.59 Å². The van der Waals surface area contributed by atoms with Crippen LogP contribution in [0.2, 0.25) is 0 Å². The molecule has 2 heterocycles. The molecule has 5 nitrogen and oxygen atoms in total. The number of hydrogen-bond donors (Lipinski definition) is 1. The summed E-state index contributed by atoms with van der Waals surface area (Å²) in [5.74, 6) is 0.00303. The number of amides is 1. The smallest absolute Gasteiger partial charge is 0.254 e. The molecule has 114 valence electrons. The lowest BCUT2D eigenvalue weighted by molar-refractivity contribution is 0.0789. The van der Waals surface area contributed by atoms with E-state index < -0.39 is 0 Å². The number of nitrogens with two attached hydrogens (primary N) is 1. The molecule has 1 amide bonds. The van der Waals surface area contributed by atoms with Gasteiger partial charge in [-0.1, -0.05) is 30.3 Å². The van der Waals surface area contributed by atoms with E-state index in [9.17, 15) is 9.59 Å². The van der Waals surface area contributed by atoms with Gasteiger partial charge >= 0.3 is 0 Å². The number of benzene rings is 1. The summed E-state index contributed by atoms with van der Waals surface area (Å²) in [6.07, 6.45) is 1.61. The highest BCUT2D eigenvalue weighted by molar-refractivity contribution is 5.94. The molecule has 0 radical (unpaired) electrons. The van der Waals surface area contributed by atoms with Crippen molar-refractivity contribution < 1.29 is 4.79 Å². The molecule has 1 aromatic carbocycles. The highest BCUT2D eigenvalue weighted by atomic mass is 16.2. The number of aryl methyl sites for hydroxylation is 1. The van der Waals surface area contributed by atoms with Gasteiger partial charge in [0.15, 0.2) is 0 Å². The van der Waals surface area contributed by atoms with E-state index in [4.69, 9.17) is 5.73 Å². The molecule has 2 atom stereocenters. The molecule has 1 saturated heterocycles. The number of hydrogen-bond acceptors (Lipinski definition) is 3. The molecule has 1 aliphatic rings. The number of likely N-dealkylation sites (tertiary alicyclic amines) is 1. The predicted molar refractivity (Wildman–Crippen MR) is 84.7 cm³/mol. The second-order valence-corrected chi connectivity index (χ2v) is 5.76. The van der Waals surface area contributed by atoms with Gasteiger partial charge in [-0.25, -0.2) is 0 Å². The zero-order chi connectivity index (χ0) is 15.7. The summed E-state index contributed by atoms with van der Waals surface area (Å²) in [6, 6.07) is 13.0. The van der Waals surface area contributed by atoms with Crippen molar-refractivity contribution in [2.24, 2.45) is 12.8 Å². The Morgan fingerprint density at radius 3 is 2.59 bits per heavy atom. The Kier molecular flexibility index (Phi) is 3.81. The van der Waals surface area contributed by atoms with Crippen LogP contribution in [0.5, 0.6) is 0 Å². The molecule has 0 spiro atoms. The largest absolute Gasteiger partial charge is 0.336 e. The van der Waals surface area contributed by atoms with E-state index in [-0.39, 0.29) is 23.4 Å². The van der Waals surface area contributed by atoms with Gasteiger partial charge in [0.2, 0.25) is 0 Å². The van der Waals surface area contributed by atoms with Gasteiger partial charge in [0.1, 0.15) is 0 Å². The molecule has 0 unspecified atom stereocenters. The van der Waals surface area contributed by atoms with Crippen molar-refractivity contribution in [2.75, 3.05) is 13.1 Å². The number of rotatable bonds is 2. The van der Waals surface area contributed by atoms with Gasteiger partial charge in [-0.2, -0.15) is 0 Å². The molecule has 0 aliphatic carbocycles. The predicted octanol–water partition coefficient (Wildman–Crippen LogP) is 0.952. The summed E-state index contributed by atoms with van der Waals surface area (Å²) in [5, 5.41) is 0.